The van der Waals surface area contributed by atoms with Crippen LogP contribution in [0, 0.1) is 5.82 Å². The molecule has 3 rings (SSSR count). The summed E-state index contributed by atoms with van der Waals surface area (Å²) in [4.78, 5) is 14.3. The number of hydrogen-bond acceptors (Lipinski definition) is 5. The number of halogens is 1. The Balaban J connectivity index is 1.95. The van der Waals surface area contributed by atoms with Crippen LogP contribution in [-0.2, 0) is 11.3 Å². The standard InChI is InChI=1S/C19H20FNO4S/c1-24-15-9-13(10-16(25-2)18(15)23)19-21(17(22)7-8-26-19)11-12-3-5-14(20)6-4-12/h3-6,9-10,19,23H,7-8,11H2,1-2H3. The second-order valence-corrected chi connectivity index (χ2v) is 7.08. The molecule has 1 unspecified atom stereocenters. The fourth-order valence-electron chi connectivity index (χ4n) is 2.91. The zero-order chi connectivity index (χ0) is 18.7. The van der Waals surface area contributed by atoms with Crippen molar-refractivity contribution in [2.45, 2.75) is 18.3 Å². The van der Waals surface area contributed by atoms with E-state index in [1.54, 1.807) is 40.9 Å². The van der Waals surface area contributed by atoms with Gasteiger partial charge >= 0.3 is 0 Å². The van der Waals surface area contributed by atoms with E-state index < -0.39 is 0 Å². The van der Waals surface area contributed by atoms with Crippen LogP contribution >= 0.6 is 11.8 Å². The van der Waals surface area contributed by atoms with Crippen molar-refractivity contribution in [2.24, 2.45) is 0 Å². The molecule has 1 saturated heterocycles. The number of ether oxygens (including phenoxy) is 2. The highest BCUT2D eigenvalue weighted by Gasteiger charge is 2.31. The van der Waals surface area contributed by atoms with Gasteiger partial charge in [0.1, 0.15) is 11.2 Å². The molecule has 138 valence electrons. The SMILES string of the molecule is COc1cc(C2SCCC(=O)N2Cc2ccc(F)cc2)cc(OC)c1O. The molecular weight excluding hydrogens is 357 g/mol. The average molecular weight is 377 g/mol. The number of rotatable bonds is 5. The molecule has 0 bridgehead atoms. The molecule has 2 aromatic carbocycles. The van der Waals surface area contributed by atoms with Gasteiger partial charge in [-0.15, -0.1) is 11.8 Å². The first kappa shape index (κ1) is 18.4. The van der Waals surface area contributed by atoms with Crippen LogP contribution in [0.3, 0.4) is 0 Å². The summed E-state index contributed by atoms with van der Waals surface area (Å²) in [5, 5.41) is 9.87. The molecule has 5 nitrogen and oxygen atoms in total. The Morgan fingerprint density at radius 2 is 1.81 bits per heavy atom. The zero-order valence-electron chi connectivity index (χ0n) is 14.6. The van der Waals surface area contributed by atoms with Crippen LogP contribution in [0.2, 0.25) is 0 Å². The van der Waals surface area contributed by atoms with Gasteiger partial charge in [-0.05, 0) is 35.4 Å². The van der Waals surface area contributed by atoms with E-state index in [2.05, 4.69) is 0 Å². The van der Waals surface area contributed by atoms with E-state index in [0.717, 1.165) is 11.1 Å². The predicted octanol–water partition coefficient (Wildman–Crippen LogP) is 3.71. The Bertz CT molecular complexity index is 772. The third kappa shape index (κ3) is 3.72. The van der Waals surface area contributed by atoms with Crippen molar-refractivity contribution < 1.29 is 23.8 Å². The summed E-state index contributed by atoms with van der Waals surface area (Å²) in [6, 6.07) is 9.56. The number of phenols is 1. The van der Waals surface area contributed by atoms with Crippen molar-refractivity contribution in [3.8, 4) is 17.2 Å². The highest BCUT2D eigenvalue weighted by Crippen LogP contribution is 2.44. The first-order chi connectivity index (χ1) is 12.5. The molecule has 7 heteroatoms. The summed E-state index contributed by atoms with van der Waals surface area (Å²) in [6.07, 6.45) is 0.453. The van der Waals surface area contributed by atoms with Crippen LogP contribution < -0.4 is 9.47 Å². The minimum absolute atomic E-state index is 0.0316. The van der Waals surface area contributed by atoms with Crippen LogP contribution in [0.5, 0.6) is 17.2 Å². The molecule has 1 fully saturated rings. The summed E-state index contributed by atoms with van der Waals surface area (Å²) in [7, 11) is 2.93. The monoisotopic (exact) mass is 377 g/mol. The second-order valence-electron chi connectivity index (χ2n) is 5.90. The lowest BCUT2D eigenvalue weighted by Gasteiger charge is -2.36. The van der Waals surface area contributed by atoms with Crippen molar-refractivity contribution in [3.05, 3.63) is 53.3 Å². The summed E-state index contributed by atoms with van der Waals surface area (Å²) in [6.45, 7) is 0.377. The van der Waals surface area contributed by atoms with Gasteiger partial charge in [0.05, 0.1) is 14.2 Å². The molecule has 0 spiro atoms. The summed E-state index contributed by atoms with van der Waals surface area (Å²) in [5.41, 5.74) is 1.65. The minimum Gasteiger partial charge on any atom is -0.502 e. The summed E-state index contributed by atoms with van der Waals surface area (Å²) < 4.78 is 23.6. The Kier molecular flexibility index (Phi) is 5.56. The molecule has 0 saturated carbocycles. The van der Waals surface area contributed by atoms with E-state index in [9.17, 15) is 14.3 Å². The third-order valence-electron chi connectivity index (χ3n) is 4.25. The highest BCUT2D eigenvalue weighted by atomic mass is 32.2. The molecule has 0 aliphatic carbocycles. The van der Waals surface area contributed by atoms with Crippen molar-refractivity contribution >= 4 is 17.7 Å². The van der Waals surface area contributed by atoms with Gasteiger partial charge in [-0.25, -0.2) is 4.39 Å². The molecule has 0 radical (unpaired) electrons. The third-order valence-corrected chi connectivity index (χ3v) is 5.53. The Morgan fingerprint density at radius 1 is 1.19 bits per heavy atom. The second kappa shape index (κ2) is 7.86. The maximum atomic E-state index is 13.2. The number of carbonyl (C=O) groups is 1. The van der Waals surface area contributed by atoms with E-state index in [4.69, 9.17) is 9.47 Å². The van der Waals surface area contributed by atoms with Gasteiger partial charge in [-0.3, -0.25) is 4.79 Å². The van der Waals surface area contributed by atoms with Crippen LogP contribution in [0.1, 0.15) is 22.9 Å². The number of methoxy groups -OCH3 is 2. The van der Waals surface area contributed by atoms with Gasteiger partial charge in [0.2, 0.25) is 11.7 Å². The molecule has 1 aliphatic rings. The molecule has 2 aromatic rings. The molecule has 26 heavy (non-hydrogen) atoms. The van der Waals surface area contributed by atoms with Gasteiger partial charge in [0.25, 0.3) is 0 Å². The number of nitrogens with zero attached hydrogens (tertiary/aromatic N) is 1. The first-order valence-corrected chi connectivity index (χ1v) is 9.18. The predicted molar refractivity (Wildman–Crippen MR) is 98.0 cm³/mol. The Morgan fingerprint density at radius 3 is 2.38 bits per heavy atom. The van der Waals surface area contributed by atoms with E-state index in [-0.39, 0.29) is 22.8 Å². The van der Waals surface area contributed by atoms with Gasteiger partial charge in [-0.2, -0.15) is 0 Å². The quantitative estimate of drug-likeness (QED) is 0.861. The number of benzene rings is 2. The number of hydrogen-bond donors (Lipinski definition) is 1. The number of carbonyl (C=O) groups excluding carboxylic acids is 1. The average Bonchev–Trinajstić information content (AvgIpc) is 2.65. The Labute approximate surface area is 155 Å². The molecule has 1 N–H and O–H groups in total. The van der Waals surface area contributed by atoms with E-state index in [0.29, 0.717) is 30.2 Å². The van der Waals surface area contributed by atoms with Crippen LogP contribution in [0.15, 0.2) is 36.4 Å². The fraction of sp³-hybridized carbons (Fsp3) is 0.316. The van der Waals surface area contributed by atoms with E-state index in [1.165, 1.54) is 26.4 Å². The van der Waals surface area contributed by atoms with Gasteiger partial charge in [-0.1, -0.05) is 12.1 Å². The van der Waals surface area contributed by atoms with Gasteiger partial charge in [0, 0.05) is 18.7 Å². The van der Waals surface area contributed by atoms with Crippen molar-refractivity contribution in [2.75, 3.05) is 20.0 Å². The molecular formula is C19H20FNO4S. The minimum atomic E-state index is -0.308. The number of thioether (sulfide) groups is 1. The van der Waals surface area contributed by atoms with Crippen LogP contribution in [0.25, 0.3) is 0 Å². The van der Waals surface area contributed by atoms with Crippen LogP contribution in [-0.4, -0.2) is 35.9 Å². The Hall–Kier alpha value is -2.41. The molecule has 1 heterocycles. The zero-order valence-corrected chi connectivity index (χ0v) is 15.4. The lowest BCUT2D eigenvalue weighted by Crippen LogP contribution is -2.36. The van der Waals surface area contributed by atoms with Gasteiger partial charge in [0.15, 0.2) is 11.5 Å². The lowest BCUT2D eigenvalue weighted by molar-refractivity contribution is -0.132. The normalized spacial score (nSPS) is 17.3. The number of phenolic OH excluding ortho intramolecular Hbond substituents is 1. The van der Waals surface area contributed by atoms with E-state index >= 15 is 0 Å². The van der Waals surface area contributed by atoms with Crippen molar-refractivity contribution in [1.29, 1.82) is 0 Å². The van der Waals surface area contributed by atoms with Crippen molar-refractivity contribution in [3.63, 3.8) is 0 Å². The maximum Gasteiger partial charge on any atom is 0.224 e. The molecule has 1 amide bonds. The molecule has 0 aromatic heterocycles. The summed E-state index contributed by atoms with van der Waals surface area (Å²) in [5.74, 6) is 0.937. The summed E-state index contributed by atoms with van der Waals surface area (Å²) >= 11 is 1.63. The smallest absolute Gasteiger partial charge is 0.224 e. The lowest BCUT2D eigenvalue weighted by atomic mass is 10.1. The largest absolute Gasteiger partial charge is 0.502 e. The van der Waals surface area contributed by atoms with Crippen molar-refractivity contribution in [1.82, 2.24) is 4.90 Å². The number of amides is 1. The van der Waals surface area contributed by atoms with Crippen LogP contribution in [0.4, 0.5) is 4.39 Å². The number of aromatic hydroxyl groups is 1. The fourth-order valence-corrected chi connectivity index (χ4v) is 4.13. The molecule has 1 aliphatic heterocycles. The first-order valence-electron chi connectivity index (χ1n) is 8.14. The maximum absolute atomic E-state index is 13.2. The highest BCUT2D eigenvalue weighted by molar-refractivity contribution is 7.99. The van der Waals surface area contributed by atoms with E-state index in [1.807, 2.05) is 0 Å². The topological polar surface area (TPSA) is 59.0 Å². The van der Waals surface area contributed by atoms with Gasteiger partial charge < -0.3 is 19.5 Å². The molecule has 1 atom stereocenters.